The maximum atomic E-state index is 13.2. The molecule has 1 saturated carbocycles. The minimum absolute atomic E-state index is 0.205. The van der Waals surface area contributed by atoms with Crippen molar-refractivity contribution in [1.29, 1.82) is 0 Å². The number of rotatable bonds is 6. The predicted octanol–water partition coefficient (Wildman–Crippen LogP) is 1.80. The van der Waals surface area contributed by atoms with E-state index >= 15 is 0 Å². The van der Waals surface area contributed by atoms with Crippen LogP contribution in [0.3, 0.4) is 0 Å². The zero-order valence-electron chi connectivity index (χ0n) is 11.3. The summed E-state index contributed by atoms with van der Waals surface area (Å²) in [5.41, 5.74) is 0. The van der Waals surface area contributed by atoms with E-state index in [-0.39, 0.29) is 12.8 Å². The number of sulfonamides is 1. The lowest BCUT2D eigenvalue weighted by atomic mass is 9.98. The molecule has 7 nitrogen and oxygen atoms in total. The first kappa shape index (κ1) is 20.5. The number of alkyl halides is 5. The van der Waals surface area contributed by atoms with Gasteiger partial charge in [-0.15, -0.1) is 0 Å². The fraction of sp³-hybridized carbons (Fsp3) is 1.00. The summed E-state index contributed by atoms with van der Waals surface area (Å²) < 4.78 is 114. The Morgan fingerprint density at radius 3 is 1.91 bits per heavy atom. The van der Waals surface area contributed by atoms with Crippen LogP contribution in [-0.2, 0) is 24.5 Å². The summed E-state index contributed by atoms with van der Waals surface area (Å²) in [6.07, 6.45) is -9.34. The first-order valence-corrected chi connectivity index (χ1v) is 9.04. The lowest BCUT2D eigenvalue weighted by Crippen LogP contribution is -2.49. The van der Waals surface area contributed by atoms with E-state index in [4.69, 9.17) is 5.11 Å². The number of nitrogens with zero attached hydrogens (tertiary/aromatic N) is 1. The SMILES string of the molecule is O=S(=O)([N-]S(=O)(=O)C(F)(F)C(O)C(F)(F)F)OC1CCCCC1. The molecule has 1 atom stereocenters. The van der Waals surface area contributed by atoms with E-state index in [1.165, 1.54) is 0 Å². The predicted molar refractivity (Wildman–Crippen MR) is 66.2 cm³/mol. The quantitative estimate of drug-likeness (QED) is 0.692. The van der Waals surface area contributed by atoms with Crippen molar-refractivity contribution < 1.29 is 48.1 Å². The number of aliphatic hydroxyl groups is 1. The van der Waals surface area contributed by atoms with E-state index in [2.05, 4.69) is 4.18 Å². The molecule has 138 valence electrons. The average Bonchev–Trinajstić information content (AvgIpc) is 2.35. The van der Waals surface area contributed by atoms with Crippen LogP contribution >= 0.6 is 0 Å². The van der Waals surface area contributed by atoms with Gasteiger partial charge in [0.1, 0.15) is 0 Å². The van der Waals surface area contributed by atoms with Crippen molar-refractivity contribution in [2.24, 2.45) is 0 Å². The average molecular weight is 390 g/mol. The van der Waals surface area contributed by atoms with Crippen LogP contribution in [0.1, 0.15) is 32.1 Å². The van der Waals surface area contributed by atoms with Crippen LogP contribution < -0.4 is 0 Å². The zero-order valence-corrected chi connectivity index (χ0v) is 13.0. The lowest BCUT2D eigenvalue weighted by molar-refractivity contribution is -0.247. The van der Waals surface area contributed by atoms with E-state index < -0.39 is 44.0 Å². The molecule has 23 heavy (non-hydrogen) atoms. The van der Waals surface area contributed by atoms with Crippen molar-refractivity contribution in [1.82, 2.24) is 0 Å². The normalized spacial score (nSPS) is 20.4. The third-order valence-electron chi connectivity index (χ3n) is 2.97. The molecule has 0 bridgehead atoms. The number of halogens is 5. The summed E-state index contributed by atoms with van der Waals surface area (Å²) in [6.45, 7) is 0. The Morgan fingerprint density at radius 2 is 1.48 bits per heavy atom. The smallest absolute Gasteiger partial charge is 0.406 e. The highest BCUT2D eigenvalue weighted by Gasteiger charge is 2.60. The number of aliphatic hydroxyl groups excluding tert-OH is 1. The van der Waals surface area contributed by atoms with Gasteiger partial charge in [0.2, 0.25) is 16.4 Å². The fourth-order valence-electron chi connectivity index (χ4n) is 1.85. The Bertz CT molecular complexity index is 611. The maximum Gasteiger partial charge on any atom is 0.421 e. The Balaban J connectivity index is 2.91. The van der Waals surface area contributed by atoms with Crippen LogP contribution in [-0.4, -0.2) is 45.6 Å². The van der Waals surface area contributed by atoms with Gasteiger partial charge in [-0.25, -0.2) is 16.8 Å². The van der Waals surface area contributed by atoms with Gasteiger partial charge < -0.3 is 9.23 Å². The van der Waals surface area contributed by atoms with Crippen molar-refractivity contribution >= 4 is 20.3 Å². The monoisotopic (exact) mass is 390 g/mol. The molecule has 0 heterocycles. The van der Waals surface area contributed by atoms with Gasteiger partial charge in [0, 0.05) is 0 Å². The molecule has 1 fully saturated rings. The van der Waals surface area contributed by atoms with E-state index in [0.29, 0.717) is 12.8 Å². The highest BCUT2D eigenvalue weighted by Crippen LogP contribution is 2.39. The van der Waals surface area contributed by atoms with E-state index in [0.717, 1.165) is 6.42 Å². The molecule has 0 aromatic carbocycles. The second kappa shape index (κ2) is 6.74. The topological polar surface area (TPSA) is 112 Å². The first-order valence-electron chi connectivity index (χ1n) is 6.24. The van der Waals surface area contributed by atoms with Crippen LogP contribution in [0.4, 0.5) is 22.0 Å². The Hall–Kier alpha value is -0.570. The third-order valence-corrected chi connectivity index (χ3v) is 5.91. The highest BCUT2D eigenvalue weighted by atomic mass is 32.3. The Labute approximate surface area is 129 Å². The van der Waals surface area contributed by atoms with Gasteiger partial charge in [0.15, 0.2) is 10.0 Å². The third kappa shape index (κ3) is 5.20. The van der Waals surface area contributed by atoms with E-state index in [1.54, 1.807) is 4.13 Å². The van der Waals surface area contributed by atoms with Gasteiger partial charge in [-0.1, -0.05) is 19.3 Å². The first-order chi connectivity index (χ1) is 10.2. The summed E-state index contributed by atoms with van der Waals surface area (Å²) in [4.78, 5) is 0. The molecular weight excluding hydrogens is 377 g/mol. The fourth-order valence-corrected chi connectivity index (χ4v) is 4.30. The molecule has 0 spiro atoms. The van der Waals surface area contributed by atoms with E-state index in [1.807, 2.05) is 0 Å². The molecule has 1 rings (SSSR count). The standard InChI is InChI=1S/C9H13F5NO6S2/c10-8(11,12)7(16)9(13,14)22(17,18)15-23(19,20)21-6-4-2-1-3-5-6/h6-7,16H,1-5H2/q-1. The lowest BCUT2D eigenvalue weighted by Gasteiger charge is -2.32. The number of hydrogen-bond donors (Lipinski definition) is 1. The van der Waals surface area contributed by atoms with Crippen LogP contribution in [0.2, 0.25) is 0 Å². The van der Waals surface area contributed by atoms with Crippen molar-refractivity contribution in [3.8, 4) is 0 Å². The molecule has 1 aliphatic rings. The van der Waals surface area contributed by atoms with Crippen molar-refractivity contribution in [2.45, 2.75) is 55.7 Å². The molecule has 1 aliphatic carbocycles. The van der Waals surface area contributed by atoms with Gasteiger partial charge in [0.25, 0.3) is 0 Å². The van der Waals surface area contributed by atoms with Crippen LogP contribution in [0, 0.1) is 0 Å². The van der Waals surface area contributed by atoms with Gasteiger partial charge in [0.05, 0.1) is 6.10 Å². The molecular formula is C9H13F5NO6S2-. The van der Waals surface area contributed by atoms with Gasteiger partial charge >= 0.3 is 11.4 Å². The summed E-state index contributed by atoms with van der Waals surface area (Å²) >= 11 is 0. The zero-order chi connectivity index (χ0) is 18.1. The molecule has 0 amide bonds. The van der Waals surface area contributed by atoms with Crippen LogP contribution in [0.15, 0.2) is 0 Å². The largest absolute Gasteiger partial charge is 0.421 e. The molecule has 14 heteroatoms. The highest BCUT2D eigenvalue weighted by molar-refractivity contribution is 8.10. The van der Waals surface area contributed by atoms with Crippen molar-refractivity contribution in [3.63, 3.8) is 0 Å². The van der Waals surface area contributed by atoms with Gasteiger partial charge in [-0.3, -0.25) is 4.18 Å². The van der Waals surface area contributed by atoms with Crippen molar-refractivity contribution in [2.75, 3.05) is 0 Å². The van der Waals surface area contributed by atoms with Gasteiger partial charge in [-0.2, -0.15) is 22.0 Å². The molecule has 1 unspecified atom stereocenters. The maximum absolute atomic E-state index is 13.2. The minimum Gasteiger partial charge on any atom is -0.406 e. The summed E-state index contributed by atoms with van der Waals surface area (Å²) in [5, 5.41) is 2.54. The molecule has 0 aromatic rings. The Kier molecular flexibility index (Phi) is 6.00. The van der Waals surface area contributed by atoms with Crippen LogP contribution in [0.5, 0.6) is 0 Å². The molecule has 0 aromatic heterocycles. The summed E-state index contributed by atoms with van der Waals surface area (Å²) in [6, 6.07) is 0. The van der Waals surface area contributed by atoms with Crippen LogP contribution in [0.25, 0.3) is 4.13 Å². The van der Waals surface area contributed by atoms with E-state index in [9.17, 15) is 38.8 Å². The van der Waals surface area contributed by atoms with Crippen molar-refractivity contribution in [3.05, 3.63) is 4.13 Å². The summed E-state index contributed by atoms with van der Waals surface area (Å²) in [5.74, 6) is 0. The molecule has 0 saturated heterocycles. The summed E-state index contributed by atoms with van der Waals surface area (Å²) in [7, 11) is -12.0. The molecule has 0 radical (unpaired) electrons. The van der Waals surface area contributed by atoms with Gasteiger partial charge in [-0.05, 0) is 12.8 Å². The Morgan fingerprint density at radius 1 is 1.00 bits per heavy atom. The second-order valence-corrected chi connectivity index (χ2v) is 7.98. The molecule has 0 aliphatic heterocycles. The number of hydrogen-bond acceptors (Lipinski definition) is 6. The minimum atomic E-state index is -6.54. The molecule has 1 N–H and O–H groups in total. The second-order valence-electron chi connectivity index (χ2n) is 4.84.